The van der Waals surface area contributed by atoms with Gasteiger partial charge in [0, 0.05) is 50.7 Å². The smallest absolute Gasteiger partial charge is 0.323 e. The maximum Gasteiger partial charge on any atom is 0.323 e. The van der Waals surface area contributed by atoms with Crippen LogP contribution in [0.2, 0.25) is 0 Å². The molecule has 13 heteroatoms. The minimum Gasteiger partial charge on any atom is -0.480 e. The fourth-order valence-electron chi connectivity index (χ4n) is 3.84. The van der Waals surface area contributed by atoms with Crippen molar-refractivity contribution in [2.24, 2.45) is 0 Å². The highest BCUT2D eigenvalue weighted by atomic mass is 32.2. The van der Waals surface area contributed by atoms with Gasteiger partial charge < -0.3 is 20.2 Å². The van der Waals surface area contributed by atoms with Crippen molar-refractivity contribution in [2.45, 2.75) is 10.9 Å². The van der Waals surface area contributed by atoms with Crippen molar-refractivity contribution >= 4 is 33.5 Å². The quantitative estimate of drug-likeness (QED) is 0.372. The molecule has 11 nitrogen and oxygen atoms in total. The highest BCUT2D eigenvalue weighted by molar-refractivity contribution is 7.89. The van der Waals surface area contributed by atoms with E-state index in [9.17, 15) is 27.5 Å². The number of nitrogens with zero attached hydrogens (tertiary/aromatic N) is 4. The molecule has 1 aliphatic rings. The Morgan fingerprint density at radius 2 is 1.62 bits per heavy atom. The van der Waals surface area contributed by atoms with E-state index in [1.54, 1.807) is 24.5 Å². The van der Waals surface area contributed by atoms with Gasteiger partial charge in [0.15, 0.2) is 0 Å². The van der Waals surface area contributed by atoms with Crippen LogP contribution in [0.25, 0.3) is 0 Å². The van der Waals surface area contributed by atoms with Crippen molar-refractivity contribution < 1.29 is 27.5 Å². The first-order valence-electron chi connectivity index (χ1n) is 11.4. The number of amides is 1. The van der Waals surface area contributed by atoms with Gasteiger partial charge in [-0.3, -0.25) is 9.59 Å². The lowest BCUT2D eigenvalue weighted by Crippen LogP contribution is -2.48. The lowest BCUT2D eigenvalue weighted by molar-refractivity contribution is -0.138. The predicted octanol–water partition coefficient (Wildman–Crippen LogP) is 1.10. The fourth-order valence-corrected chi connectivity index (χ4v) is 5.05. The number of carboxylic acids is 1. The van der Waals surface area contributed by atoms with Gasteiger partial charge in [0.2, 0.25) is 16.0 Å². The van der Waals surface area contributed by atoms with Crippen LogP contribution in [0.1, 0.15) is 10.4 Å². The van der Waals surface area contributed by atoms with E-state index in [0.717, 1.165) is 6.07 Å². The standard InChI is InChI=1S/C24H25FN6O5S/c25-19-15-17(7-8-21(19)30-11-13-31(14-12-30)24-26-9-4-10-27-24)22(32)28-16-20(23(33)34)29-37(35,36)18-5-2-1-3-6-18/h1-10,15,20,29H,11-14,16H2,(H,28,32)(H,33,34)/t20-/m0/s1. The van der Waals surface area contributed by atoms with E-state index in [1.807, 2.05) is 9.80 Å². The predicted molar refractivity (Wildman–Crippen MR) is 133 cm³/mol. The zero-order valence-corrected chi connectivity index (χ0v) is 20.4. The number of aromatic nitrogens is 2. The molecule has 4 rings (SSSR count). The molecule has 1 fully saturated rings. The molecule has 0 radical (unpaired) electrons. The Kier molecular flexibility index (Phi) is 7.94. The van der Waals surface area contributed by atoms with Gasteiger partial charge in [-0.05, 0) is 36.4 Å². The second kappa shape index (κ2) is 11.3. The SMILES string of the molecule is O=C(NC[C@H](NS(=O)(=O)c1ccccc1)C(=O)O)c1ccc(N2CCN(c3ncccn3)CC2)c(F)c1. The number of piperazine rings is 1. The Bertz CT molecular complexity index is 1350. The van der Waals surface area contributed by atoms with Crippen molar-refractivity contribution in [2.75, 3.05) is 42.5 Å². The molecule has 2 aromatic carbocycles. The third-order valence-corrected chi connectivity index (χ3v) is 7.27. The van der Waals surface area contributed by atoms with Crippen LogP contribution in [0.5, 0.6) is 0 Å². The molecular formula is C24H25FN6O5S. The van der Waals surface area contributed by atoms with Crippen molar-refractivity contribution in [3.63, 3.8) is 0 Å². The topological polar surface area (TPSA) is 145 Å². The maximum atomic E-state index is 14.9. The molecule has 3 N–H and O–H groups in total. The summed E-state index contributed by atoms with van der Waals surface area (Å²) in [4.78, 5) is 36.4. The number of carboxylic acid groups (broad SMARTS) is 1. The Hall–Kier alpha value is -4.10. The first kappa shape index (κ1) is 26.0. The van der Waals surface area contributed by atoms with Crippen LogP contribution in [-0.2, 0) is 14.8 Å². The average Bonchev–Trinajstić information content (AvgIpc) is 2.91. The molecule has 0 aliphatic carbocycles. The molecule has 194 valence electrons. The Labute approximate surface area is 213 Å². The summed E-state index contributed by atoms with van der Waals surface area (Å²) in [6.07, 6.45) is 3.32. The lowest BCUT2D eigenvalue weighted by Gasteiger charge is -2.36. The minimum absolute atomic E-state index is 0.0207. The summed E-state index contributed by atoms with van der Waals surface area (Å²) in [5, 5.41) is 11.8. The van der Waals surface area contributed by atoms with Gasteiger partial charge in [-0.2, -0.15) is 4.72 Å². The Morgan fingerprint density at radius 3 is 2.24 bits per heavy atom. The Morgan fingerprint density at radius 1 is 0.973 bits per heavy atom. The van der Waals surface area contributed by atoms with Crippen LogP contribution in [0.15, 0.2) is 71.9 Å². The summed E-state index contributed by atoms with van der Waals surface area (Å²) >= 11 is 0. The average molecular weight is 529 g/mol. The van der Waals surface area contributed by atoms with Gasteiger partial charge in [0.25, 0.3) is 5.91 Å². The summed E-state index contributed by atoms with van der Waals surface area (Å²) in [6, 6.07) is 11.4. The van der Waals surface area contributed by atoms with Crippen LogP contribution in [0, 0.1) is 5.82 Å². The molecule has 1 atom stereocenters. The van der Waals surface area contributed by atoms with E-state index in [1.165, 1.54) is 36.4 Å². The normalized spacial score (nSPS) is 14.7. The number of aliphatic carboxylic acids is 1. The summed E-state index contributed by atoms with van der Waals surface area (Å²) in [5.41, 5.74) is 0.317. The van der Waals surface area contributed by atoms with E-state index < -0.39 is 40.3 Å². The summed E-state index contributed by atoms with van der Waals surface area (Å²) in [5.74, 6) is -2.19. The summed E-state index contributed by atoms with van der Waals surface area (Å²) in [7, 11) is -4.12. The second-order valence-electron chi connectivity index (χ2n) is 8.22. The van der Waals surface area contributed by atoms with Crippen molar-refractivity contribution in [3.8, 4) is 0 Å². The molecule has 0 bridgehead atoms. The van der Waals surface area contributed by atoms with Crippen LogP contribution >= 0.6 is 0 Å². The highest BCUT2D eigenvalue weighted by Crippen LogP contribution is 2.23. The molecular weight excluding hydrogens is 503 g/mol. The number of hydrogen-bond donors (Lipinski definition) is 3. The van der Waals surface area contributed by atoms with Gasteiger partial charge in [-0.1, -0.05) is 18.2 Å². The van der Waals surface area contributed by atoms with Gasteiger partial charge in [0.1, 0.15) is 11.9 Å². The molecule has 0 unspecified atom stereocenters. The number of carbonyl (C=O) groups excluding carboxylic acids is 1. The monoisotopic (exact) mass is 528 g/mol. The zero-order chi connectivity index (χ0) is 26.4. The Balaban J connectivity index is 1.36. The van der Waals surface area contributed by atoms with E-state index >= 15 is 0 Å². The molecule has 0 saturated carbocycles. The molecule has 1 saturated heterocycles. The number of hydrogen-bond acceptors (Lipinski definition) is 8. The third-order valence-electron chi connectivity index (χ3n) is 5.78. The van der Waals surface area contributed by atoms with E-state index in [-0.39, 0.29) is 10.5 Å². The lowest BCUT2D eigenvalue weighted by atomic mass is 10.1. The number of halogens is 1. The number of nitrogens with one attached hydrogen (secondary N) is 2. The summed E-state index contributed by atoms with van der Waals surface area (Å²) in [6.45, 7) is 1.72. The van der Waals surface area contributed by atoms with Crippen LogP contribution < -0.4 is 19.8 Å². The third kappa shape index (κ3) is 6.37. The van der Waals surface area contributed by atoms with Crippen LogP contribution in [0.4, 0.5) is 16.0 Å². The number of benzene rings is 2. The first-order chi connectivity index (χ1) is 17.7. The minimum atomic E-state index is -4.12. The zero-order valence-electron chi connectivity index (χ0n) is 19.6. The largest absolute Gasteiger partial charge is 0.480 e. The number of anilines is 2. The number of sulfonamides is 1. The number of rotatable bonds is 9. The van der Waals surface area contributed by atoms with Crippen molar-refractivity contribution in [1.29, 1.82) is 0 Å². The van der Waals surface area contributed by atoms with Gasteiger partial charge in [0.05, 0.1) is 10.6 Å². The van der Waals surface area contributed by atoms with Gasteiger partial charge >= 0.3 is 5.97 Å². The van der Waals surface area contributed by atoms with Crippen molar-refractivity contribution in [3.05, 3.63) is 78.4 Å². The maximum absolute atomic E-state index is 14.9. The molecule has 1 aliphatic heterocycles. The number of carbonyl (C=O) groups is 2. The van der Waals surface area contributed by atoms with Crippen LogP contribution in [0.3, 0.4) is 0 Å². The second-order valence-corrected chi connectivity index (χ2v) is 9.94. The van der Waals surface area contributed by atoms with E-state index in [2.05, 4.69) is 20.0 Å². The van der Waals surface area contributed by atoms with Gasteiger partial charge in [-0.25, -0.2) is 22.8 Å². The molecule has 0 spiro atoms. The fraction of sp³-hybridized carbons (Fsp3) is 0.250. The summed E-state index contributed by atoms with van der Waals surface area (Å²) < 4.78 is 41.9. The molecule has 1 amide bonds. The molecule has 37 heavy (non-hydrogen) atoms. The molecule has 2 heterocycles. The first-order valence-corrected chi connectivity index (χ1v) is 12.9. The van der Waals surface area contributed by atoms with Crippen molar-refractivity contribution in [1.82, 2.24) is 20.0 Å². The van der Waals surface area contributed by atoms with Gasteiger partial charge in [-0.15, -0.1) is 0 Å². The molecule has 3 aromatic rings. The van der Waals surface area contributed by atoms with E-state index in [0.29, 0.717) is 37.8 Å². The van der Waals surface area contributed by atoms with E-state index in [4.69, 9.17) is 0 Å². The molecule has 1 aromatic heterocycles. The van der Waals surface area contributed by atoms with Crippen LogP contribution in [-0.4, -0.2) is 74.1 Å². The highest BCUT2D eigenvalue weighted by Gasteiger charge is 2.26.